The Morgan fingerprint density at radius 3 is 2.48 bits per heavy atom. The molecule has 4 rings (SSSR count). The molecule has 1 N–H and O–H groups in total. The number of piperidine rings is 1. The first-order chi connectivity index (χ1) is 11.2. The number of hydrogen-bond donors (Lipinski definition) is 1. The quantitative estimate of drug-likeness (QED) is 0.769. The lowest BCUT2D eigenvalue weighted by molar-refractivity contribution is 0.442. The number of nitrogens with one attached hydrogen (secondary N) is 1. The second-order valence-electron chi connectivity index (χ2n) is 5.63. The van der Waals surface area contributed by atoms with E-state index in [1.807, 2.05) is 16.7 Å². The Morgan fingerprint density at radius 1 is 1.04 bits per heavy atom. The Kier molecular flexibility index (Phi) is 3.93. The second-order valence-corrected chi connectivity index (χ2v) is 6.45. The fourth-order valence-corrected chi connectivity index (χ4v) is 3.38. The van der Waals surface area contributed by atoms with Gasteiger partial charge in [-0.1, -0.05) is 23.2 Å². The van der Waals surface area contributed by atoms with E-state index in [1.165, 1.54) is 0 Å². The van der Waals surface area contributed by atoms with Crippen molar-refractivity contribution in [2.24, 2.45) is 0 Å². The van der Waals surface area contributed by atoms with Crippen molar-refractivity contribution in [3.63, 3.8) is 0 Å². The Labute approximate surface area is 143 Å². The molecule has 0 radical (unpaired) electrons. The van der Waals surface area contributed by atoms with Crippen LogP contribution in [0.1, 0.15) is 24.6 Å². The van der Waals surface area contributed by atoms with Gasteiger partial charge in [-0.3, -0.25) is 4.57 Å². The predicted molar refractivity (Wildman–Crippen MR) is 91.5 cm³/mol. The summed E-state index contributed by atoms with van der Waals surface area (Å²) in [5.74, 6) is 1.96. The Bertz CT molecular complexity index is 841. The van der Waals surface area contributed by atoms with E-state index in [9.17, 15) is 0 Å². The van der Waals surface area contributed by atoms with Crippen LogP contribution in [0.5, 0.6) is 0 Å². The minimum absolute atomic E-state index is 0.366. The van der Waals surface area contributed by atoms with Crippen LogP contribution >= 0.6 is 23.2 Å². The van der Waals surface area contributed by atoms with Crippen LogP contribution in [-0.4, -0.2) is 32.6 Å². The van der Waals surface area contributed by atoms with Crippen LogP contribution in [0, 0.1) is 0 Å². The molecule has 1 saturated heterocycles. The predicted octanol–water partition coefficient (Wildman–Crippen LogP) is 3.59. The third-order valence-corrected chi connectivity index (χ3v) is 4.90. The summed E-state index contributed by atoms with van der Waals surface area (Å²) in [5, 5.41) is 4.40. The normalized spacial score (nSPS) is 16.1. The van der Waals surface area contributed by atoms with Crippen molar-refractivity contribution in [1.82, 2.24) is 24.8 Å². The molecule has 3 heterocycles. The molecule has 0 unspecified atom stereocenters. The average Bonchev–Trinajstić information content (AvgIpc) is 2.95. The third-order valence-electron chi connectivity index (χ3n) is 4.18. The zero-order valence-electron chi connectivity index (χ0n) is 12.3. The van der Waals surface area contributed by atoms with Gasteiger partial charge >= 0.3 is 0 Å². The summed E-state index contributed by atoms with van der Waals surface area (Å²) in [5.41, 5.74) is 1.71. The first-order valence-corrected chi connectivity index (χ1v) is 8.35. The minimum Gasteiger partial charge on any atom is -0.317 e. The summed E-state index contributed by atoms with van der Waals surface area (Å²) >= 11 is 12.4. The molecular formula is C16H15Cl2N5. The van der Waals surface area contributed by atoms with E-state index >= 15 is 0 Å². The minimum atomic E-state index is 0.366. The van der Waals surface area contributed by atoms with Gasteiger partial charge in [0.05, 0.1) is 21.1 Å². The lowest BCUT2D eigenvalue weighted by atomic mass is 9.97. The number of imidazole rings is 1. The molecule has 118 valence electrons. The lowest BCUT2D eigenvalue weighted by Crippen LogP contribution is -2.28. The number of aromatic nitrogens is 4. The highest BCUT2D eigenvalue weighted by Crippen LogP contribution is 2.33. The maximum atomic E-state index is 6.22. The molecule has 0 spiro atoms. The Balaban J connectivity index is 1.96. The van der Waals surface area contributed by atoms with Crippen LogP contribution in [0.4, 0.5) is 0 Å². The Hall–Kier alpha value is -1.69. The van der Waals surface area contributed by atoms with Gasteiger partial charge in [-0.15, -0.1) is 0 Å². The zero-order chi connectivity index (χ0) is 15.8. The smallest absolute Gasteiger partial charge is 0.235 e. The fraction of sp³-hybridized carbons (Fsp3) is 0.312. The Morgan fingerprint density at radius 2 is 1.74 bits per heavy atom. The monoisotopic (exact) mass is 347 g/mol. The van der Waals surface area contributed by atoms with Gasteiger partial charge in [0.2, 0.25) is 5.95 Å². The van der Waals surface area contributed by atoms with E-state index < -0.39 is 0 Å². The average molecular weight is 348 g/mol. The van der Waals surface area contributed by atoms with E-state index in [2.05, 4.69) is 15.3 Å². The van der Waals surface area contributed by atoms with Crippen LogP contribution in [0.2, 0.25) is 10.0 Å². The van der Waals surface area contributed by atoms with Gasteiger partial charge in [0.25, 0.3) is 0 Å². The van der Waals surface area contributed by atoms with Gasteiger partial charge in [-0.25, -0.2) is 15.0 Å². The molecule has 2 aromatic heterocycles. The molecule has 5 nitrogen and oxygen atoms in total. The van der Waals surface area contributed by atoms with Crippen molar-refractivity contribution in [2.75, 3.05) is 13.1 Å². The van der Waals surface area contributed by atoms with Crippen molar-refractivity contribution in [3.8, 4) is 5.95 Å². The molecule has 23 heavy (non-hydrogen) atoms. The number of benzene rings is 1. The van der Waals surface area contributed by atoms with E-state index in [-0.39, 0.29) is 0 Å². The summed E-state index contributed by atoms with van der Waals surface area (Å²) in [6, 6.07) is 5.45. The van der Waals surface area contributed by atoms with Crippen LogP contribution in [0.25, 0.3) is 17.0 Å². The van der Waals surface area contributed by atoms with Crippen molar-refractivity contribution in [2.45, 2.75) is 18.8 Å². The number of halogens is 2. The molecule has 7 heteroatoms. The van der Waals surface area contributed by atoms with Crippen molar-refractivity contribution < 1.29 is 0 Å². The van der Waals surface area contributed by atoms with Crippen LogP contribution < -0.4 is 5.32 Å². The molecule has 1 fully saturated rings. The van der Waals surface area contributed by atoms with Gasteiger partial charge in [-0.2, -0.15) is 0 Å². The van der Waals surface area contributed by atoms with Gasteiger partial charge < -0.3 is 5.32 Å². The molecule has 1 aromatic carbocycles. The van der Waals surface area contributed by atoms with Crippen LogP contribution in [0.15, 0.2) is 30.6 Å². The van der Waals surface area contributed by atoms with Crippen LogP contribution in [-0.2, 0) is 0 Å². The topological polar surface area (TPSA) is 55.6 Å². The molecule has 1 aliphatic heterocycles. The van der Waals surface area contributed by atoms with E-state index in [0.717, 1.165) is 42.8 Å². The van der Waals surface area contributed by atoms with Gasteiger partial charge in [0.15, 0.2) is 0 Å². The number of rotatable bonds is 2. The maximum absolute atomic E-state index is 6.22. The SMILES string of the molecule is Clc1cc2nc(C3CCNCC3)n(-c3ncccn3)c2cc1Cl. The molecule has 0 amide bonds. The maximum Gasteiger partial charge on any atom is 0.235 e. The van der Waals surface area contributed by atoms with E-state index in [4.69, 9.17) is 28.2 Å². The molecular weight excluding hydrogens is 333 g/mol. The fourth-order valence-electron chi connectivity index (χ4n) is 3.06. The molecule has 1 aliphatic rings. The summed E-state index contributed by atoms with van der Waals surface area (Å²) in [4.78, 5) is 13.6. The number of fused-ring (bicyclic) bond motifs is 1. The van der Waals surface area contributed by atoms with Crippen molar-refractivity contribution >= 4 is 34.2 Å². The summed E-state index contributed by atoms with van der Waals surface area (Å²) in [6.45, 7) is 1.98. The van der Waals surface area contributed by atoms with Crippen molar-refractivity contribution in [3.05, 3.63) is 46.5 Å². The van der Waals surface area contributed by atoms with Gasteiger partial charge in [0.1, 0.15) is 5.82 Å². The van der Waals surface area contributed by atoms with E-state index in [0.29, 0.717) is 21.9 Å². The molecule has 0 saturated carbocycles. The molecule has 3 aromatic rings. The van der Waals surface area contributed by atoms with Gasteiger partial charge in [0, 0.05) is 18.3 Å². The molecule has 0 atom stereocenters. The zero-order valence-corrected chi connectivity index (χ0v) is 13.8. The molecule has 0 aliphatic carbocycles. The first kappa shape index (κ1) is 14.9. The van der Waals surface area contributed by atoms with Crippen LogP contribution in [0.3, 0.4) is 0 Å². The second kappa shape index (κ2) is 6.07. The summed E-state index contributed by atoms with van der Waals surface area (Å²) < 4.78 is 2.01. The lowest BCUT2D eigenvalue weighted by Gasteiger charge is -2.22. The standard InChI is InChI=1S/C16H15Cl2N5/c17-11-8-13-14(9-12(11)18)23(16-20-4-1-5-21-16)15(22-13)10-2-6-19-7-3-10/h1,4-5,8-10,19H,2-3,6-7H2. The number of hydrogen-bond acceptors (Lipinski definition) is 4. The number of nitrogens with zero attached hydrogens (tertiary/aromatic N) is 4. The molecule has 0 bridgehead atoms. The highest BCUT2D eigenvalue weighted by atomic mass is 35.5. The third kappa shape index (κ3) is 2.69. The summed E-state index contributed by atoms with van der Waals surface area (Å²) in [6.07, 6.45) is 5.55. The highest BCUT2D eigenvalue weighted by Gasteiger charge is 2.24. The van der Waals surface area contributed by atoms with E-state index in [1.54, 1.807) is 18.5 Å². The summed E-state index contributed by atoms with van der Waals surface area (Å²) in [7, 11) is 0. The van der Waals surface area contributed by atoms with Crippen molar-refractivity contribution in [1.29, 1.82) is 0 Å². The first-order valence-electron chi connectivity index (χ1n) is 7.59. The highest BCUT2D eigenvalue weighted by molar-refractivity contribution is 6.42. The van der Waals surface area contributed by atoms with Gasteiger partial charge in [-0.05, 0) is 44.1 Å². The largest absolute Gasteiger partial charge is 0.317 e.